The monoisotopic (exact) mass is 315 g/mol. The average molecular weight is 316 g/mol. The lowest BCUT2D eigenvalue weighted by Gasteiger charge is -2.06. The molecular weight excluding hydrogens is 297 g/mol. The topological polar surface area (TPSA) is 88.8 Å². The van der Waals surface area contributed by atoms with E-state index in [-0.39, 0.29) is 18.0 Å². The minimum absolute atomic E-state index is 0.103. The second-order valence-corrected chi connectivity index (χ2v) is 5.31. The second-order valence-electron chi connectivity index (χ2n) is 4.50. The Morgan fingerprint density at radius 3 is 2.50 bits per heavy atom. The molecule has 0 aliphatic heterocycles. The fraction of sp³-hybridized carbons (Fsp3) is 0.385. The van der Waals surface area contributed by atoms with E-state index in [4.69, 9.17) is 34.7 Å². The molecule has 0 aliphatic rings. The Morgan fingerprint density at radius 1 is 1.20 bits per heavy atom. The number of nitrogens with zero attached hydrogens (tertiary/aromatic N) is 2. The van der Waals surface area contributed by atoms with Crippen molar-refractivity contribution in [2.24, 2.45) is 21.5 Å². The van der Waals surface area contributed by atoms with Gasteiger partial charge in [0.15, 0.2) is 11.9 Å². The van der Waals surface area contributed by atoms with E-state index in [0.29, 0.717) is 23.0 Å². The summed E-state index contributed by atoms with van der Waals surface area (Å²) in [5.41, 5.74) is 12.4. The maximum Gasteiger partial charge on any atom is 0.195 e. The molecule has 0 bridgehead atoms. The zero-order valence-corrected chi connectivity index (χ0v) is 13.0. The largest absolute Gasteiger partial charge is 0.370 e. The summed E-state index contributed by atoms with van der Waals surface area (Å²) in [6.45, 7) is 4.37. The zero-order valence-electron chi connectivity index (χ0n) is 11.5. The highest BCUT2D eigenvalue weighted by molar-refractivity contribution is 6.42. The van der Waals surface area contributed by atoms with Crippen LogP contribution in [0.3, 0.4) is 0 Å². The van der Waals surface area contributed by atoms with Gasteiger partial charge < -0.3 is 11.5 Å². The fourth-order valence-electron chi connectivity index (χ4n) is 1.48. The Hall–Kier alpha value is -1.46. The molecule has 110 valence electrons. The number of halogens is 2. The molecule has 0 heterocycles. The first-order chi connectivity index (χ1) is 9.38. The van der Waals surface area contributed by atoms with Crippen molar-refractivity contribution < 1.29 is 0 Å². The van der Waals surface area contributed by atoms with Crippen LogP contribution in [0.1, 0.15) is 19.4 Å². The summed E-state index contributed by atoms with van der Waals surface area (Å²) < 4.78 is 0. The van der Waals surface area contributed by atoms with Crippen LogP contribution in [0.2, 0.25) is 10.0 Å². The molecule has 0 atom stereocenters. The van der Waals surface area contributed by atoms with E-state index in [9.17, 15) is 0 Å². The van der Waals surface area contributed by atoms with Gasteiger partial charge in [-0.25, -0.2) is 0 Å². The molecule has 5 N–H and O–H groups in total. The minimum Gasteiger partial charge on any atom is -0.370 e. The maximum absolute atomic E-state index is 5.94. The lowest BCUT2D eigenvalue weighted by Crippen LogP contribution is -2.42. The molecule has 0 saturated heterocycles. The van der Waals surface area contributed by atoms with Gasteiger partial charge in [-0.3, -0.25) is 15.3 Å². The molecule has 1 aromatic rings. The van der Waals surface area contributed by atoms with Gasteiger partial charge in [-0.1, -0.05) is 29.3 Å². The van der Waals surface area contributed by atoms with Crippen molar-refractivity contribution in [1.82, 2.24) is 5.32 Å². The maximum atomic E-state index is 5.94. The molecule has 0 aromatic heterocycles. The fourth-order valence-corrected chi connectivity index (χ4v) is 1.80. The standard InChI is InChI=1S/C13H19Cl2N5/c1-8(2)19-13(17)20-12(16)18-6-5-9-3-4-10(14)11(15)7-9/h3-4,7-8H,5-6H2,1-2H3,(H5,16,17,18,19,20). The van der Waals surface area contributed by atoms with Crippen LogP contribution in [0.25, 0.3) is 0 Å². The van der Waals surface area contributed by atoms with Gasteiger partial charge in [0.05, 0.1) is 10.0 Å². The smallest absolute Gasteiger partial charge is 0.195 e. The summed E-state index contributed by atoms with van der Waals surface area (Å²) >= 11 is 11.8. The molecule has 1 rings (SSSR count). The van der Waals surface area contributed by atoms with E-state index < -0.39 is 0 Å². The minimum atomic E-state index is 0.103. The van der Waals surface area contributed by atoms with Crippen molar-refractivity contribution in [3.05, 3.63) is 33.8 Å². The lowest BCUT2D eigenvalue weighted by atomic mass is 10.1. The second kappa shape index (κ2) is 7.97. The molecule has 20 heavy (non-hydrogen) atoms. The Morgan fingerprint density at radius 2 is 1.90 bits per heavy atom. The Bertz CT molecular complexity index is 511. The van der Waals surface area contributed by atoms with E-state index in [0.717, 1.165) is 5.56 Å². The normalized spacial score (nSPS) is 12.8. The molecule has 0 radical (unpaired) electrons. The lowest BCUT2D eigenvalue weighted by molar-refractivity contribution is 0.826. The first-order valence-electron chi connectivity index (χ1n) is 6.22. The van der Waals surface area contributed by atoms with Gasteiger partial charge in [0.2, 0.25) is 0 Å². The van der Waals surface area contributed by atoms with Crippen molar-refractivity contribution in [3.63, 3.8) is 0 Å². The summed E-state index contributed by atoms with van der Waals surface area (Å²) in [5.74, 6) is 0.503. The Balaban J connectivity index is 2.49. The van der Waals surface area contributed by atoms with Gasteiger partial charge in [-0.2, -0.15) is 0 Å². The SMILES string of the molecule is CC(C)N=C(N)NC(N)=NCCc1ccc(Cl)c(Cl)c1. The van der Waals surface area contributed by atoms with Gasteiger partial charge in [0.25, 0.3) is 0 Å². The number of benzene rings is 1. The highest BCUT2D eigenvalue weighted by atomic mass is 35.5. The van der Waals surface area contributed by atoms with Crippen molar-refractivity contribution >= 4 is 35.1 Å². The summed E-state index contributed by atoms with van der Waals surface area (Å²) in [7, 11) is 0. The quantitative estimate of drug-likeness (QED) is 0.587. The van der Waals surface area contributed by atoms with Gasteiger partial charge in [-0.05, 0) is 38.0 Å². The van der Waals surface area contributed by atoms with E-state index >= 15 is 0 Å². The number of guanidine groups is 2. The van der Waals surface area contributed by atoms with Gasteiger partial charge in [-0.15, -0.1) is 0 Å². The van der Waals surface area contributed by atoms with E-state index in [1.807, 2.05) is 26.0 Å². The predicted molar refractivity (Wildman–Crippen MR) is 86.5 cm³/mol. The van der Waals surface area contributed by atoms with Crippen molar-refractivity contribution in [2.45, 2.75) is 26.3 Å². The molecule has 0 aliphatic carbocycles. The van der Waals surface area contributed by atoms with Gasteiger partial charge >= 0.3 is 0 Å². The van der Waals surface area contributed by atoms with Gasteiger partial charge in [0, 0.05) is 12.6 Å². The number of nitrogens with two attached hydrogens (primary N) is 2. The zero-order chi connectivity index (χ0) is 15.1. The van der Waals surface area contributed by atoms with Crippen LogP contribution in [0.5, 0.6) is 0 Å². The summed E-state index contributed by atoms with van der Waals surface area (Å²) in [6, 6.07) is 5.59. The number of hydrogen-bond donors (Lipinski definition) is 3. The Kier molecular flexibility index (Phi) is 6.61. The first kappa shape index (κ1) is 16.6. The molecule has 7 heteroatoms. The summed E-state index contributed by atoms with van der Waals surface area (Å²) in [5, 5.41) is 3.80. The summed E-state index contributed by atoms with van der Waals surface area (Å²) in [4.78, 5) is 8.26. The number of nitrogens with one attached hydrogen (secondary N) is 1. The molecule has 0 amide bonds. The van der Waals surface area contributed by atoms with Crippen molar-refractivity contribution in [1.29, 1.82) is 0 Å². The first-order valence-corrected chi connectivity index (χ1v) is 6.98. The van der Waals surface area contributed by atoms with Crippen LogP contribution in [-0.4, -0.2) is 24.5 Å². The van der Waals surface area contributed by atoms with E-state index in [2.05, 4.69) is 15.3 Å². The molecule has 0 unspecified atom stereocenters. The van der Waals surface area contributed by atoms with Crippen LogP contribution in [0.4, 0.5) is 0 Å². The van der Waals surface area contributed by atoms with Crippen molar-refractivity contribution in [2.75, 3.05) is 6.54 Å². The van der Waals surface area contributed by atoms with Gasteiger partial charge in [0.1, 0.15) is 0 Å². The third-order valence-corrected chi connectivity index (χ3v) is 3.06. The highest BCUT2D eigenvalue weighted by Gasteiger charge is 2.00. The molecule has 1 aromatic carbocycles. The van der Waals surface area contributed by atoms with Crippen molar-refractivity contribution in [3.8, 4) is 0 Å². The van der Waals surface area contributed by atoms with Crippen LogP contribution < -0.4 is 16.8 Å². The third-order valence-electron chi connectivity index (χ3n) is 2.32. The number of rotatable bonds is 4. The van der Waals surface area contributed by atoms with Crippen LogP contribution >= 0.6 is 23.2 Å². The third kappa shape index (κ3) is 6.12. The average Bonchev–Trinajstić information content (AvgIpc) is 2.32. The highest BCUT2D eigenvalue weighted by Crippen LogP contribution is 2.22. The number of aliphatic imine (C=N–C) groups is 2. The molecule has 0 saturated carbocycles. The molecule has 0 spiro atoms. The molecule has 5 nitrogen and oxygen atoms in total. The van der Waals surface area contributed by atoms with E-state index in [1.54, 1.807) is 6.07 Å². The molecule has 0 fully saturated rings. The summed E-state index contributed by atoms with van der Waals surface area (Å²) in [6.07, 6.45) is 0.709. The molecular formula is C13H19Cl2N5. The predicted octanol–water partition coefficient (Wildman–Crippen LogP) is 2.16. The number of hydrogen-bond acceptors (Lipinski definition) is 2. The van der Waals surface area contributed by atoms with E-state index in [1.165, 1.54) is 0 Å². The van der Waals surface area contributed by atoms with Crippen LogP contribution in [-0.2, 0) is 6.42 Å². The Labute approximate surface area is 129 Å². The van der Waals surface area contributed by atoms with Crippen LogP contribution in [0.15, 0.2) is 28.2 Å². The van der Waals surface area contributed by atoms with Crippen LogP contribution in [0, 0.1) is 0 Å².